The maximum atomic E-state index is 4.57. The van der Waals surface area contributed by atoms with E-state index in [0.717, 1.165) is 36.9 Å². The predicted molar refractivity (Wildman–Crippen MR) is 81.7 cm³/mol. The van der Waals surface area contributed by atoms with Crippen molar-refractivity contribution in [2.75, 3.05) is 32.1 Å². The van der Waals surface area contributed by atoms with Crippen LogP contribution in [0.3, 0.4) is 0 Å². The molecule has 0 radical (unpaired) electrons. The van der Waals surface area contributed by atoms with E-state index in [9.17, 15) is 0 Å². The highest BCUT2D eigenvalue weighted by molar-refractivity contribution is 5.79. The Bertz CT molecular complexity index is 401. The number of anilines is 1. The Balaban J connectivity index is 2.67. The third-order valence-corrected chi connectivity index (χ3v) is 2.57. The van der Waals surface area contributed by atoms with Crippen molar-refractivity contribution in [1.82, 2.24) is 15.6 Å². The van der Waals surface area contributed by atoms with Crippen molar-refractivity contribution < 1.29 is 0 Å². The lowest BCUT2D eigenvalue weighted by Gasteiger charge is -2.12. The number of nitrogens with zero attached hydrogens (tertiary/aromatic N) is 3. The van der Waals surface area contributed by atoms with Crippen LogP contribution in [0.15, 0.2) is 23.3 Å². The Morgan fingerprint density at radius 3 is 2.74 bits per heavy atom. The Hall–Kier alpha value is -1.78. The lowest BCUT2D eigenvalue weighted by Crippen LogP contribution is -2.37. The number of aliphatic imine (C=N–C) groups is 1. The summed E-state index contributed by atoms with van der Waals surface area (Å²) in [5.74, 6) is 1.83. The summed E-state index contributed by atoms with van der Waals surface area (Å²) in [5.41, 5.74) is 1.16. The molecule has 0 atom stereocenters. The van der Waals surface area contributed by atoms with Crippen LogP contribution in [0.4, 0.5) is 5.82 Å². The molecular formula is C14H25N5. The van der Waals surface area contributed by atoms with Gasteiger partial charge < -0.3 is 15.5 Å². The second-order valence-corrected chi connectivity index (χ2v) is 4.54. The first kappa shape index (κ1) is 15.3. The third-order valence-electron chi connectivity index (χ3n) is 2.57. The summed E-state index contributed by atoms with van der Waals surface area (Å²) in [6.07, 6.45) is 2.91. The van der Waals surface area contributed by atoms with Gasteiger partial charge >= 0.3 is 0 Å². The SMILES string of the molecule is CCCNC(=NCc1ccnc(N(C)C)c1)NCC. The minimum Gasteiger partial charge on any atom is -0.363 e. The largest absolute Gasteiger partial charge is 0.363 e. The molecule has 19 heavy (non-hydrogen) atoms. The lowest BCUT2D eigenvalue weighted by molar-refractivity contribution is 0.785. The second kappa shape index (κ2) is 8.34. The summed E-state index contributed by atoms with van der Waals surface area (Å²) in [6, 6.07) is 4.06. The molecule has 0 aromatic carbocycles. The van der Waals surface area contributed by atoms with E-state index in [4.69, 9.17) is 0 Å². The summed E-state index contributed by atoms with van der Waals surface area (Å²) in [5, 5.41) is 6.53. The molecule has 2 N–H and O–H groups in total. The van der Waals surface area contributed by atoms with Gasteiger partial charge in [0, 0.05) is 33.4 Å². The van der Waals surface area contributed by atoms with Crippen LogP contribution in [0, 0.1) is 0 Å². The van der Waals surface area contributed by atoms with Gasteiger partial charge in [-0.05, 0) is 31.0 Å². The van der Waals surface area contributed by atoms with E-state index in [1.165, 1.54) is 0 Å². The maximum absolute atomic E-state index is 4.57. The molecule has 5 heteroatoms. The molecule has 0 amide bonds. The zero-order valence-electron chi connectivity index (χ0n) is 12.4. The number of rotatable bonds is 6. The molecule has 0 aliphatic carbocycles. The molecule has 0 saturated carbocycles. The molecule has 0 aliphatic heterocycles. The summed E-state index contributed by atoms with van der Waals surface area (Å²) in [6.45, 7) is 6.67. The van der Waals surface area contributed by atoms with E-state index < -0.39 is 0 Å². The van der Waals surface area contributed by atoms with Gasteiger partial charge in [0.25, 0.3) is 0 Å². The van der Waals surface area contributed by atoms with Crippen molar-refractivity contribution in [3.63, 3.8) is 0 Å². The molecule has 0 saturated heterocycles. The van der Waals surface area contributed by atoms with Gasteiger partial charge in [0.2, 0.25) is 0 Å². The minimum atomic E-state index is 0.655. The van der Waals surface area contributed by atoms with Gasteiger partial charge in [0.05, 0.1) is 6.54 Å². The quantitative estimate of drug-likeness (QED) is 0.605. The van der Waals surface area contributed by atoms with Gasteiger partial charge in [0.1, 0.15) is 5.82 Å². The number of hydrogen-bond donors (Lipinski definition) is 2. The van der Waals surface area contributed by atoms with Crippen LogP contribution in [0.25, 0.3) is 0 Å². The average molecular weight is 263 g/mol. The number of guanidine groups is 1. The van der Waals surface area contributed by atoms with Gasteiger partial charge in [-0.15, -0.1) is 0 Å². The molecule has 1 heterocycles. The van der Waals surface area contributed by atoms with Crippen LogP contribution in [-0.2, 0) is 6.54 Å². The Morgan fingerprint density at radius 1 is 1.32 bits per heavy atom. The smallest absolute Gasteiger partial charge is 0.191 e. The zero-order valence-corrected chi connectivity index (χ0v) is 12.4. The number of nitrogens with one attached hydrogen (secondary N) is 2. The summed E-state index contributed by atoms with van der Waals surface area (Å²) < 4.78 is 0. The predicted octanol–water partition coefficient (Wildman–Crippen LogP) is 1.61. The fourth-order valence-corrected chi connectivity index (χ4v) is 1.56. The topological polar surface area (TPSA) is 52.6 Å². The highest BCUT2D eigenvalue weighted by atomic mass is 15.2. The Kier molecular flexibility index (Phi) is 6.71. The van der Waals surface area contributed by atoms with Gasteiger partial charge in [-0.1, -0.05) is 6.92 Å². The van der Waals surface area contributed by atoms with Crippen LogP contribution in [0.5, 0.6) is 0 Å². The number of pyridine rings is 1. The van der Waals surface area contributed by atoms with Gasteiger partial charge in [-0.2, -0.15) is 0 Å². The lowest BCUT2D eigenvalue weighted by atomic mass is 10.2. The fraction of sp³-hybridized carbons (Fsp3) is 0.571. The molecule has 0 unspecified atom stereocenters. The van der Waals surface area contributed by atoms with E-state index in [2.05, 4.69) is 40.5 Å². The van der Waals surface area contributed by atoms with Crippen molar-refractivity contribution in [2.45, 2.75) is 26.8 Å². The molecule has 0 bridgehead atoms. The van der Waals surface area contributed by atoms with Crippen molar-refractivity contribution in [2.24, 2.45) is 4.99 Å². The van der Waals surface area contributed by atoms with E-state index in [0.29, 0.717) is 6.54 Å². The standard InChI is InChI=1S/C14H25N5/c1-5-8-17-14(15-6-2)18-11-12-7-9-16-13(10-12)19(3)4/h7,9-10H,5-6,8,11H2,1-4H3,(H2,15,17,18). The molecule has 1 rings (SSSR count). The van der Waals surface area contributed by atoms with Crippen molar-refractivity contribution in [3.05, 3.63) is 23.9 Å². The van der Waals surface area contributed by atoms with Gasteiger partial charge in [-0.3, -0.25) is 0 Å². The molecule has 106 valence electrons. The van der Waals surface area contributed by atoms with Crippen LogP contribution in [0.1, 0.15) is 25.8 Å². The highest BCUT2D eigenvalue weighted by Gasteiger charge is 2.00. The van der Waals surface area contributed by atoms with Gasteiger partial charge in [0.15, 0.2) is 5.96 Å². The normalized spacial score (nSPS) is 11.3. The summed E-state index contributed by atoms with van der Waals surface area (Å²) >= 11 is 0. The van der Waals surface area contributed by atoms with E-state index in [1.54, 1.807) is 0 Å². The Labute approximate surface area is 116 Å². The first-order chi connectivity index (χ1) is 9.17. The second-order valence-electron chi connectivity index (χ2n) is 4.54. The first-order valence-corrected chi connectivity index (χ1v) is 6.81. The average Bonchev–Trinajstić information content (AvgIpc) is 2.42. The van der Waals surface area contributed by atoms with E-state index in [1.807, 2.05) is 31.3 Å². The first-order valence-electron chi connectivity index (χ1n) is 6.81. The number of hydrogen-bond acceptors (Lipinski definition) is 3. The van der Waals surface area contributed by atoms with Crippen molar-refractivity contribution in [3.8, 4) is 0 Å². The fourth-order valence-electron chi connectivity index (χ4n) is 1.56. The van der Waals surface area contributed by atoms with Crippen molar-refractivity contribution in [1.29, 1.82) is 0 Å². The molecule has 0 fully saturated rings. The van der Waals surface area contributed by atoms with Crippen LogP contribution in [-0.4, -0.2) is 38.1 Å². The third kappa shape index (κ3) is 5.59. The summed E-state index contributed by atoms with van der Waals surface area (Å²) in [7, 11) is 3.98. The van der Waals surface area contributed by atoms with E-state index in [-0.39, 0.29) is 0 Å². The molecule has 1 aromatic heterocycles. The summed E-state index contributed by atoms with van der Waals surface area (Å²) in [4.78, 5) is 10.9. The van der Waals surface area contributed by atoms with E-state index >= 15 is 0 Å². The highest BCUT2D eigenvalue weighted by Crippen LogP contribution is 2.10. The maximum Gasteiger partial charge on any atom is 0.191 e. The minimum absolute atomic E-state index is 0.655. The molecular weight excluding hydrogens is 238 g/mol. The van der Waals surface area contributed by atoms with Crippen LogP contribution >= 0.6 is 0 Å². The van der Waals surface area contributed by atoms with Crippen molar-refractivity contribution >= 4 is 11.8 Å². The molecule has 0 spiro atoms. The molecule has 5 nitrogen and oxygen atoms in total. The number of aromatic nitrogens is 1. The van der Waals surface area contributed by atoms with Crippen LogP contribution < -0.4 is 15.5 Å². The molecule has 1 aromatic rings. The van der Waals surface area contributed by atoms with Gasteiger partial charge in [-0.25, -0.2) is 9.98 Å². The zero-order chi connectivity index (χ0) is 14.1. The van der Waals surface area contributed by atoms with Crippen LogP contribution in [0.2, 0.25) is 0 Å². The monoisotopic (exact) mass is 263 g/mol. The Morgan fingerprint density at radius 2 is 2.11 bits per heavy atom. The molecule has 0 aliphatic rings.